The van der Waals surface area contributed by atoms with E-state index < -0.39 is 5.54 Å². The maximum atomic E-state index is 11.4. The molecule has 2 unspecified atom stereocenters. The number of rotatable bonds is 4. The minimum absolute atomic E-state index is 0.336. The highest BCUT2D eigenvalue weighted by atomic mass is 16.1. The average molecular weight is 268 g/mol. The highest BCUT2D eigenvalue weighted by Gasteiger charge is 2.43. The van der Waals surface area contributed by atoms with Crippen molar-refractivity contribution in [3.8, 4) is 0 Å². The fraction of sp³-hybridized carbons (Fsp3) is 0.929. The van der Waals surface area contributed by atoms with Crippen LogP contribution in [0.25, 0.3) is 0 Å². The van der Waals surface area contributed by atoms with Crippen LogP contribution in [0.15, 0.2) is 0 Å². The van der Waals surface area contributed by atoms with E-state index in [1.54, 1.807) is 0 Å². The van der Waals surface area contributed by atoms with Gasteiger partial charge in [0.15, 0.2) is 0 Å². The Morgan fingerprint density at radius 2 is 1.95 bits per heavy atom. The number of hydrogen-bond donors (Lipinski definition) is 2. The van der Waals surface area contributed by atoms with Gasteiger partial charge in [0.05, 0.1) is 5.54 Å². The van der Waals surface area contributed by atoms with Crippen molar-refractivity contribution < 1.29 is 4.79 Å². The Kier molecular flexibility index (Phi) is 4.48. The van der Waals surface area contributed by atoms with Crippen LogP contribution in [0.1, 0.15) is 32.1 Å². The first-order chi connectivity index (χ1) is 8.90. The molecule has 1 amide bonds. The Balaban J connectivity index is 1.81. The van der Waals surface area contributed by atoms with Gasteiger partial charge in [-0.05, 0) is 65.2 Å². The molecule has 0 aromatic heterocycles. The lowest BCUT2D eigenvalue weighted by molar-refractivity contribution is -0.123. The summed E-state index contributed by atoms with van der Waals surface area (Å²) in [7, 11) is 4.28. The molecule has 1 saturated carbocycles. The lowest BCUT2D eigenvalue weighted by Crippen LogP contribution is -2.51. The Morgan fingerprint density at radius 3 is 2.42 bits per heavy atom. The molecule has 1 aliphatic carbocycles. The zero-order valence-corrected chi connectivity index (χ0v) is 12.3. The second-order valence-corrected chi connectivity index (χ2v) is 6.66. The summed E-state index contributed by atoms with van der Waals surface area (Å²) in [6.45, 7) is 3.46. The van der Waals surface area contributed by atoms with Crippen LogP contribution in [0.3, 0.4) is 0 Å². The van der Waals surface area contributed by atoms with Crippen LogP contribution in [0, 0.1) is 5.92 Å². The quantitative estimate of drug-likeness (QED) is 0.752. The van der Waals surface area contributed by atoms with Crippen LogP contribution in [0.2, 0.25) is 0 Å². The minimum Gasteiger partial charge on any atom is -0.368 e. The lowest BCUT2D eigenvalue weighted by atomic mass is 9.94. The molecule has 2 atom stereocenters. The number of piperidine rings is 1. The molecular formula is C14H28N4O. The van der Waals surface area contributed by atoms with E-state index in [1.807, 2.05) is 0 Å². The number of carbonyl (C=O) groups excluding carboxylic acids is 1. The van der Waals surface area contributed by atoms with E-state index in [0.29, 0.717) is 6.04 Å². The zero-order chi connectivity index (χ0) is 14.0. The van der Waals surface area contributed by atoms with Gasteiger partial charge in [0.1, 0.15) is 0 Å². The van der Waals surface area contributed by atoms with Crippen molar-refractivity contribution in [2.45, 2.75) is 43.7 Å². The standard InChI is InChI=1S/C14H28N4O/c1-17(2)10-11-4-7-18(8-5-11)12-3-6-14(16,9-12)13(15)19/h11-12H,3-10,16H2,1-2H3,(H2,15,19). The highest BCUT2D eigenvalue weighted by molar-refractivity contribution is 5.84. The van der Waals surface area contributed by atoms with Gasteiger partial charge in [0.2, 0.25) is 5.91 Å². The number of hydrogen-bond acceptors (Lipinski definition) is 4. The van der Waals surface area contributed by atoms with Gasteiger partial charge in [0, 0.05) is 12.6 Å². The smallest absolute Gasteiger partial charge is 0.237 e. The molecule has 2 fully saturated rings. The van der Waals surface area contributed by atoms with E-state index in [-0.39, 0.29) is 5.91 Å². The van der Waals surface area contributed by atoms with Crippen molar-refractivity contribution in [1.82, 2.24) is 9.80 Å². The van der Waals surface area contributed by atoms with Crippen LogP contribution in [0.4, 0.5) is 0 Å². The predicted octanol–water partition coefficient (Wildman–Crippen LogP) is -0.00470. The zero-order valence-electron chi connectivity index (χ0n) is 12.3. The summed E-state index contributed by atoms with van der Waals surface area (Å²) in [5.74, 6) is 0.476. The average Bonchev–Trinajstić information content (AvgIpc) is 2.74. The molecule has 2 rings (SSSR count). The van der Waals surface area contributed by atoms with E-state index >= 15 is 0 Å². The van der Waals surface area contributed by atoms with Gasteiger partial charge in [-0.1, -0.05) is 0 Å². The largest absolute Gasteiger partial charge is 0.368 e. The maximum absolute atomic E-state index is 11.4. The summed E-state index contributed by atoms with van der Waals surface area (Å²) in [4.78, 5) is 16.2. The molecule has 5 heteroatoms. The third-order valence-electron chi connectivity index (χ3n) is 4.80. The Labute approximate surface area is 116 Å². The number of likely N-dealkylation sites (tertiary alicyclic amines) is 1. The molecular weight excluding hydrogens is 240 g/mol. The molecule has 1 saturated heterocycles. The van der Waals surface area contributed by atoms with Gasteiger partial charge in [-0.15, -0.1) is 0 Å². The van der Waals surface area contributed by atoms with Gasteiger partial charge in [-0.2, -0.15) is 0 Å². The number of amides is 1. The SMILES string of the molecule is CN(C)CC1CCN(C2CCC(N)(C(N)=O)C2)CC1. The van der Waals surface area contributed by atoms with Crippen molar-refractivity contribution in [2.24, 2.45) is 17.4 Å². The van der Waals surface area contributed by atoms with Crippen LogP contribution in [-0.4, -0.2) is 61.0 Å². The molecule has 5 nitrogen and oxygen atoms in total. The summed E-state index contributed by atoms with van der Waals surface area (Å²) in [5.41, 5.74) is 10.7. The third kappa shape index (κ3) is 3.46. The van der Waals surface area contributed by atoms with Crippen LogP contribution >= 0.6 is 0 Å². The fourth-order valence-electron chi connectivity index (χ4n) is 3.60. The molecule has 0 radical (unpaired) electrons. The molecule has 1 heterocycles. The molecule has 4 N–H and O–H groups in total. The van der Waals surface area contributed by atoms with Crippen LogP contribution < -0.4 is 11.5 Å². The maximum Gasteiger partial charge on any atom is 0.237 e. The van der Waals surface area contributed by atoms with Crippen LogP contribution in [0.5, 0.6) is 0 Å². The second-order valence-electron chi connectivity index (χ2n) is 6.66. The lowest BCUT2D eigenvalue weighted by Gasteiger charge is -2.37. The molecule has 2 aliphatic rings. The first-order valence-electron chi connectivity index (χ1n) is 7.38. The van der Waals surface area contributed by atoms with Gasteiger partial charge in [-0.25, -0.2) is 0 Å². The Bertz CT molecular complexity index is 325. The molecule has 0 spiro atoms. The first-order valence-corrected chi connectivity index (χ1v) is 7.38. The number of primary amides is 1. The van der Waals surface area contributed by atoms with Crippen molar-refractivity contribution >= 4 is 5.91 Å². The fourth-order valence-corrected chi connectivity index (χ4v) is 3.60. The minimum atomic E-state index is -0.759. The molecule has 1 aliphatic heterocycles. The van der Waals surface area contributed by atoms with E-state index in [4.69, 9.17) is 11.5 Å². The summed E-state index contributed by atoms with van der Waals surface area (Å²) in [5, 5.41) is 0. The van der Waals surface area contributed by atoms with E-state index in [2.05, 4.69) is 23.9 Å². The third-order valence-corrected chi connectivity index (χ3v) is 4.80. The van der Waals surface area contributed by atoms with E-state index in [9.17, 15) is 4.79 Å². The summed E-state index contributed by atoms with van der Waals surface area (Å²) >= 11 is 0. The number of carbonyl (C=O) groups is 1. The van der Waals surface area contributed by atoms with Crippen LogP contribution in [-0.2, 0) is 4.79 Å². The van der Waals surface area contributed by atoms with Crippen molar-refractivity contribution in [1.29, 1.82) is 0 Å². The van der Waals surface area contributed by atoms with E-state index in [0.717, 1.165) is 38.3 Å². The topological polar surface area (TPSA) is 75.6 Å². The monoisotopic (exact) mass is 268 g/mol. The van der Waals surface area contributed by atoms with E-state index in [1.165, 1.54) is 19.4 Å². The van der Waals surface area contributed by atoms with Gasteiger partial charge in [-0.3, -0.25) is 4.79 Å². The van der Waals surface area contributed by atoms with Crippen molar-refractivity contribution in [3.63, 3.8) is 0 Å². The van der Waals surface area contributed by atoms with Crippen molar-refractivity contribution in [2.75, 3.05) is 33.7 Å². The summed E-state index contributed by atoms with van der Waals surface area (Å²) in [6, 6.07) is 0.456. The summed E-state index contributed by atoms with van der Waals surface area (Å²) in [6.07, 6.45) is 4.99. The molecule has 0 aromatic carbocycles. The molecule has 0 aromatic rings. The number of nitrogens with zero attached hydrogens (tertiary/aromatic N) is 2. The second kappa shape index (κ2) is 5.77. The Hall–Kier alpha value is -0.650. The summed E-state index contributed by atoms with van der Waals surface area (Å²) < 4.78 is 0. The van der Waals surface area contributed by atoms with Crippen molar-refractivity contribution in [3.05, 3.63) is 0 Å². The van der Waals surface area contributed by atoms with Gasteiger partial charge in [0.25, 0.3) is 0 Å². The van der Waals surface area contributed by atoms with Gasteiger partial charge >= 0.3 is 0 Å². The normalized spacial score (nSPS) is 34.0. The predicted molar refractivity (Wildman–Crippen MR) is 76.6 cm³/mol. The molecule has 110 valence electrons. The molecule has 0 bridgehead atoms. The molecule has 19 heavy (non-hydrogen) atoms. The van der Waals surface area contributed by atoms with Gasteiger partial charge < -0.3 is 21.3 Å². The first kappa shape index (κ1) is 14.8. The highest BCUT2D eigenvalue weighted by Crippen LogP contribution is 2.33. The number of nitrogens with two attached hydrogens (primary N) is 2. The Morgan fingerprint density at radius 1 is 1.32 bits per heavy atom.